The molecule has 9 heteroatoms. The maximum atomic E-state index is 12.4. The van der Waals surface area contributed by atoms with Gasteiger partial charge in [-0.15, -0.1) is 17.5 Å². The zero-order valence-corrected chi connectivity index (χ0v) is 16.4. The van der Waals surface area contributed by atoms with Crippen LogP contribution in [0, 0.1) is 6.92 Å². The van der Waals surface area contributed by atoms with Crippen LogP contribution in [0.25, 0.3) is 0 Å². The highest BCUT2D eigenvalue weighted by Crippen LogP contribution is 2.25. The minimum Gasteiger partial charge on any atom is -0.495 e. The summed E-state index contributed by atoms with van der Waals surface area (Å²) >= 11 is 6.11. The van der Waals surface area contributed by atoms with Gasteiger partial charge in [0.1, 0.15) is 5.75 Å². The summed E-state index contributed by atoms with van der Waals surface area (Å²) in [5.41, 5.74) is 2.07. The first-order valence-corrected chi connectivity index (χ1v) is 8.71. The van der Waals surface area contributed by atoms with Crippen molar-refractivity contribution in [2.75, 3.05) is 20.2 Å². The maximum absolute atomic E-state index is 12.4. The second-order valence-electron chi connectivity index (χ2n) is 6.10. The third-order valence-electron chi connectivity index (χ3n) is 4.47. The Hall–Kier alpha value is -1.83. The van der Waals surface area contributed by atoms with Crippen LogP contribution in [0.2, 0.25) is 5.02 Å². The van der Waals surface area contributed by atoms with Crippen LogP contribution in [-0.2, 0) is 6.54 Å². The molecule has 0 aliphatic carbocycles. The highest BCUT2D eigenvalue weighted by Gasteiger charge is 2.22. The standard InChI is InChI=1S/C17H22ClN5O2.ClH/c1-11-16(21-22-23(11)13-5-7-19-8-6-13)17(24)20-10-12-3-4-15(25-2)14(18)9-12;/h3-4,9,13,19H,5-8,10H2,1-2H3,(H,20,24);1H. The van der Waals surface area contributed by atoms with Gasteiger partial charge in [-0.25, -0.2) is 4.68 Å². The minimum atomic E-state index is -0.232. The van der Waals surface area contributed by atoms with Crippen LogP contribution in [0.1, 0.15) is 40.6 Å². The van der Waals surface area contributed by atoms with Crippen molar-refractivity contribution in [2.45, 2.75) is 32.4 Å². The van der Waals surface area contributed by atoms with Crippen molar-refractivity contribution in [2.24, 2.45) is 0 Å². The molecular formula is C17H23Cl2N5O2. The summed E-state index contributed by atoms with van der Waals surface area (Å²) in [6.07, 6.45) is 1.99. The number of aromatic nitrogens is 3. The van der Waals surface area contributed by atoms with Crippen molar-refractivity contribution in [3.05, 3.63) is 40.2 Å². The van der Waals surface area contributed by atoms with Crippen LogP contribution in [0.15, 0.2) is 18.2 Å². The van der Waals surface area contributed by atoms with E-state index in [4.69, 9.17) is 16.3 Å². The molecule has 1 aliphatic heterocycles. The van der Waals surface area contributed by atoms with Gasteiger partial charge in [0.15, 0.2) is 5.69 Å². The zero-order chi connectivity index (χ0) is 17.8. The molecule has 2 heterocycles. The maximum Gasteiger partial charge on any atom is 0.274 e. The Kier molecular flexibility index (Phi) is 7.25. The zero-order valence-electron chi connectivity index (χ0n) is 14.8. The first-order valence-electron chi connectivity index (χ1n) is 8.33. The molecule has 0 atom stereocenters. The number of ether oxygens (including phenoxy) is 1. The van der Waals surface area contributed by atoms with Gasteiger partial charge in [0.05, 0.1) is 23.9 Å². The van der Waals surface area contributed by atoms with E-state index in [0.717, 1.165) is 37.2 Å². The fraction of sp³-hybridized carbons (Fsp3) is 0.471. The number of carbonyl (C=O) groups excluding carboxylic acids is 1. The van der Waals surface area contributed by atoms with Gasteiger partial charge >= 0.3 is 0 Å². The summed E-state index contributed by atoms with van der Waals surface area (Å²) < 4.78 is 7.00. The number of hydrogen-bond donors (Lipinski definition) is 2. The second kappa shape index (κ2) is 9.21. The first kappa shape index (κ1) is 20.5. The number of nitrogens with zero attached hydrogens (tertiary/aromatic N) is 3. The number of benzene rings is 1. The fourth-order valence-electron chi connectivity index (χ4n) is 3.03. The van der Waals surface area contributed by atoms with Crippen molar-refractivity contribution in [1.29, 1.82) is 0 Å². The van der Waals surface area contributed by atoms with E-state index in [1.165, 1.54) is 0 Å². The number of hydrogen-bond acceptors (Lipinski definition) is 5. The Balaban J connectivity index is 0.00000243. The van der Waals surface area contributed by atoms with Gasteiger partial charge in [-0.3, -0.25) is 4.79 Å². The number of amides is 1. The van der Waals surface area contributed by atoms with Gasteiger partial charge in [0, 0.05) is 6.54 Å². The third kappa shape index (κ3) is 4.47. The van der Waals surface area contributed by atoms with E-state index in [2.05, 4.69) is 20.9 Å². The largest absolute Gasteiger partial charge is 0.495 e. The third-order valence-corrected chi connectivity index (χ3v) is 4.76. The summed E-state index contributed by atoms with van der Waals surface area (Å²) in [6.45, 7) is 4.18. The summed E-state index contributed by atoms with van der Waals surface area (Å²) in [7, 11) is 1.57. The molecule has 0 radical (unpaired) electrons. The molecule has 0 bridgehead atoms. The highest BCUT2D eigenvalue weighted by molar-refractivity contribution is 6.32. The second-order valence-corrected chi connectivity index (χ2v) is 6.51. The molecule has 1 aromatic carbocycles. The van der Waals surface area contributed by atoms with Crippen LogP contribution in [0.4, 0.5) is 0 Å². The molecule has 1 amide bonds. The average Bonchev–Trinajstić information content (AvgIpc) is 3.02. The normalized spacial score (nSPS) is 14.6. The van der Waals surface area contributed by atoms with E-state index in [1.54, 1.807) is 19.2 Å². The molecule has 0 saturated carbocycles. The lowest BCUT2D eigenvalue weighted by molar-refractivity contribution is 0.0945. The Morgan fingerprint density at radius 1 is 1.42 bits per heavy atom. The molecule has 1 aromatic heterocycles. The van der Waals surface area contributed by atoms with Gasteiger partial charge in [-0.1, -0.05) is 22.9 Å². The Labute approximate surface area is 163 Å². The number of halogens is 2. The number of nitrogens with one attached hydrogen (secondary N) is 2. The molecule has 2 aromatic rings. The van der Waals surface area contributed by atoms with E-state index in [9.17, 15) is 4.79 Å². The fourth-order valence-corrected chi connectivity index (χ4v) is 3.31. The number of methoxy groups -OCH3 is 1. The lowest BCUT2D eigenvalue weighted by atomic mass is 10.1. The molecule has 7 nitrogen and oxygen atoms in total. The van der Waals surface area contributed by atoms with E-state index in [1.807, 2.05) is 17.7 Å². The van der Waals surface area contributed by atoms with Gasteiger partial charge in [0.25, 0.3) is 5.91 Å². The van der Waals surface area contributed by atoms with Crippen LogP contribution < -0.4 is 15.4 Å². The molecule has 3 rings (SSSR count). The number of carbonyl (C=O) groups is 1. The van der Waals surface area contributed by atoms with Gasteiger partial charge < -0.3 is 15.4 Å². The average molecular weight is 400 g/mol. The highest BCUT2D eigenvalue weighted by atomic mass is 35.5. The summed E-state index contributed by atoms with van der Waals surface area (Å²) in [4.78, 5) is 12.4. The number of piperidine rings is 1. The molecule has 1 aliphatic rings. The van der Waals surface area contributed by atoms with Gasteiger partial charge in [-0.05, 0) is 50.6 Å². The lowest BCUT2D eigenvalue weighted by Gasteiger charge is -2.23. The van der Waals surface area contributed by atoms with Crippen molar-refractivity contribution >= 4 is 29.9 Å². The Bertz CT molecular complexity index is 760. The molecule has 1 saturated heterocycles. The molecule has 0 unspecified atom stereocenters. The van der Waals surface area contributed by atoms with Crippen LogP contribution in [0.5, 0.6) is 5.75 Å². The van der Waals surface area contributed by atoms with E-state index in [0.29, 0.717) is 29.1 Å². The smallest absolute Gasteiger partial charge is 0.274 e. The van der Waals surface area contributed by atoms with Crippen LogP contribution >= 0.6 is 24.0 Å². The van der Waals surface area contributed by atoms with E-state index in [-0.39, 0.29) is 18.3 Å². The van der Waals surface area contributed by atoms with E-state index < -0.39 is 0 Å². The summed E-state index contributed by atoms with van der Waals surface area (Å²) in [5.74, 6) is 0.377. The Morgan fingerprint density at radius 2 is 2.15 bits per heavy atom. The summed E-state index contributed by atoms with van der Waals surface area (Å²) in [6, 6.07) is 5.72. The van der Waals surface area contributed by atoms with Crippen molar-refractivity contribution < 1.29 is 9.53 Å². The van der Waals surface area contributed by atoms with Gasteiger partial charge in [0.2, 0.25) is 0 Å². The predicted molar refractivity (Wildman–Crippen MR) is 102 cm³/mol. The molecule has 1 fully saturated rings. The molecule has 2 N–H and O–H groups in total. The summed E-state index contributed by atoms with van der Waals surface area (Å²) in [5, 5.41) is 15.0. The monoisotopic (exact) mass is 399 g/mol. The predicted octanol–water partition coefficient (Wildman–Crippen LogP) is 2.52. The van der Waals surface area contributed by atoms with Crippen LogP contribution in [0.3, 0.4) is 0 Å². The molecular weight excluding hydrogens is 377 g/mol. The minimum absolute atomic E-state index is 0. The topological polar surface area (TPSA) is 81.1 Å². The molecule has 26 heavy (non-hydrogen) atoms. The number of rotatable bonds is 5. The van der Waals surface area contributed by atoms with E-state index >= 15 is 0 Å². The lowest BCUT2D eigenvalue weighted by Crippen LogP contribution is -2.30. The van der Waals surface area contributed by atoms with Gasteiger partial charge in [-0.2, -0.15) is 0 Å². The Morgan fingerprint density at radius 3 is 2.81 bits per heavy atom. The van der Waals surface area contributed by atoms with Crippen molar-refractivity contribution in [3.63, 3.8) is 0 Å². The molecule has 0 spiro atoms. The van der Waals surface area contributed by atoms with Crippen molar-refractivity contribution in [3.8, 4) is 5.75 Å². The van der Waals surface area contributed by atoms with Crippen molar-refractivity contribution in [1.82, 2.24) is 25.6 Å². The SMILES string of the molecule is COc1ccc(CNC(=O)c2nnn(C3CCNCC3)c2C)cc1Cl.Cl. The quantitative estimate of drug-likeness (QED) is 0.806. The molecule has 142 valence electrons. The first-order chi connectivity index (χ1) is 12.1. The van der Waals surface area contributed by atoms with Crippen LogP contribution in [-0.4, -0.2) is 41.1 Å².